The van der Waals surface area contributed by atoms with Crippen LogP contribution in [0.1, 0.15) is 68.7 Å². The number of nitrogens with zero attached hydrogens (tertiary/aromatic N) is 3. The largest absolute Gasteiger partial charge is 0.504 e. The second-order valence-corrected chi connectivity index (χ2v) is 9.91. The van der Waals surface area contributed by atoms with E-state index < -0.39 is 34.4 Å². The summed E-state index contributed by atoms with van der Waals surface area (Å²) in [6.45, 7) is 5.66. The highest BCUT2D eigenvalue weighted by atomic mass is 19.1. The third kappa shape index (κ3) is 4.43. The molecule has 9 nitrogen and oxygen atoms in total. The summed E-state index contributed by atoms with van der Waals surface area (Å²) < 4.78 is 14.8. The number of halogens is 1. The Labute approximate surface area is 208 Å². The van der Waals surface area contributed by atoms with E-state index in [9.17, 15) is 23.9 Å². The molecule has 10 heteroatoms. The molecule has 0 unspecified atom stereocenters. The van der Waals surface area contributed by atoms with Crippen LogP contribution in [0.2, 0.25) is 0 Å². The standard InChI is InChI=1S/C26H30FN5O4/c1-14(2)32(4)25(36)20-21(33)16(9-13-29-20)30-18-19(23(35)22(18)34)31-24(26(3)10-5-6-11-26)17-15(27)8-7-12-28-17/h7-9,12-14,24,31,33H,5-6,10-11H2,1-4H3,(H,29,30)/t24-/m0/s1. The summed E-state index contributed by atoms with van der Waals surface area (Å²) in [6.07, 6.45) is 6.36. The lowest BCUT2D eigenvalue weighted by Gasteiger charge is -2.35. The van der Waals surface area contributed by atoms with Crippen LogP contribution in [-0.4, -0.2) is 39.0 Å². The van der Waals surface area contributed by atoms with E-state index in [2.05, 4.69) is 20.6 Å². The number of hydrogen-bond donors (Lipinski definition) is 3. The van der Waals surface area contributed by atoms with E-state index >= 15 is 0 Å². The highest BCUT2D eigenvalue weighted by Crippen LogP contribution is 2.49. The van der Waals surface area contributed by atoms with E-state index in [0.29, 0.717) is 0 Å². The van der Waals surface area contributed by atoms with Gasteiger partial charge in [0.2, 0.25) is 0 Å². The minimum Gasteiger partial charge on any atom is -0.504 e. The predicted molar refractivity (Wildman–Crippen MR) is 135 cm³/mol. The van der Waals surface area contributed by atoms with Crippen LogP contribution in [0.3, 0.4) is 0 Å². The molecule has 0 spiro atoms. The number of aromatic nitrogens is 2. The molecule has 190 valence electrons. The van der Waals surface area contributed by atoms with Crippen LogP contribution >= 0.6 is 0 Å². The Balaban J connectivity index is 1.69. The van der Waals surface area contributed by atoms with Crippen molar-refractivity contribution in [1.82, 2.24) is 14.9 Å². The van der Waals surface area contributed by atoms with Gasteiger partial charge in [-0.3, -0.25) is 19.4 Å². The maximum atomic E-state index is 14.8. The van der Waals surface area contributed by atoms with Gasteiger partial charge in [0.1, 0.15) is 17.2 Å². The normalized spacial score (nSPS) is 15.7. The van der Waals surface area contributed by atoms with Crippen molar-refractivity contribution in [2.75, 3.05) is 17.7 Å². The van der Waals surface area contributed by atoms with E-state index in [1.54, 1.807) is 7.05 Å². The predicted octanol–water partition coefficient (Wildman–Crippen LogP) is 3.87. The molecule has 1 saturated carbocycles. The molecule has 0 bridgehead atoms. The summed E-state index contributed by atoms with van der Waals surface area (Å²) in [5, 5.41) is 16.6. The summed E-state index contributed by atoms with van der Waals surface area (Å²) in [6, 6.07) is 3.45. The molecular weight excluding hydrogens is 465 g/mol. The summed E-state index contributed by atoms with van der Waals surface area (Å²) in [4.78, 5) is 47.5. The molecule has 4 rings (SSSR count). The number of nitrogens with one attached hydrogen (secondary N) is 2. The Hall–Kier alpha value is -3.82. The van der Waals surface area contributed by atoms with Crippen LogP contribution < -0.4 is 21.5 Å². The highest BCUT2D eigenvalue weighted by molar-refractivity contribution is 5.97. The maximum absolute atomic E-state index is 14.8. The number of amides is 1. The van der Waals surface area contributed by atoms with Crippen molar-refractivity contribution in [2.45, 2.75) is 58.5 Å². The second-order valence-electron chi connectivity index (χ2n) is 9.91. The van der Waals surface area contributed by atoms with E-state index in [4.69, 9.17) is 0 Å². The van der Waals surface area contributed by atoms with Gasteiger partial charge in [0.25, 0.3) is 16.8 Å². The molecule has 2 aromatic heterocycles. The van der Waals surface area contributed by atoms with Gasteiger partial charge in [0.05, 0.1) is 17.4 Å². The number of rotatable bonds is 8. The van der Waals surface area contributed by atoms with Crippen molar-refractivity contribution in [2.24, 2.45) is 5.41 Å². The smallest absolute Gasteiger partial charge is 0.276 e. The quantitative estimate of drug-likeness (QED) is 0.402. The molecule has 36 heavy (non-hydrogen) atoms. The average molecular weight is 496 g/mol. The minimum atomic E-state index is -0.780. The number of carbonyl (C=O) groups excluding carboxylic acids is 1. The van der Waals surface area contributed by atoms with Gasteiger partial charge < -0.3 is 20.6 Å². The molecule has 1 aromatic carbocycles. The Morgan fingerprint density at radius 3 is 2.42 bits per heavy atom. The van der Waals surface area contributed by atoms with Gasteiger partial charge in [-0.25, -0.2) is 9.37 Å². The molecule has 1 amide bonds. The van der Waals surface area contributed by atoms with Crippen LogP contribution in [0.25, 0.3) is 0 Å². The fourth-order valence-electron chi connectivity index (χ4n) is 4.69. The molecule has 0 radical (unpaired) electrons. The van der Waals surface area contributed by atoms with Gasteiger partial charge in [-0.2, -0.15) is 0 Å². The first kappa shape index (κ1) is 25.3. The number of anilines is 3. The zero-order valence-electron chi connectivity index (χ0n) is 20.8. The SMILES string of the molecule is CC(C)N(C)C(=O)c1nccc(Nc2c(N[C@@H](c3ncccc3F)C3(C)CCCC3)c(=O)c2=O)c1O. The van der Waals surface area contributed by atoms with Crippen LogP contribution in [0.15, 0.2) is 40.2 Å². The summed E-state index contributed by atoms with van der Waals surface area (Å²) >= 11 is 0. The molecule has 0 saturated heterocycles. The van der Waals surface area contributed by atoms with Crippen molar-refractivity contribution in [3.63, 3.8) is 0 Å². The van der Waals surface area contributed by atoms with Gasteiger partial charge in [-0.15, -0.1) is 0 Å². The second kappa shape index (κ2) is 9.67. The molecule has 1 aliphatic carbocycles. The van der Waals surface area contributed by atoms with Crippen LogP contribution in [0.4, 0.5) is 21.5 Å². The average Bonchev–Trinajstić information content (AvgIpc) is 3.31. The fourth-order valence-corrected chi connectivity index (χ4v) is 4.69. The van der Waals surface area contributed by atoms with Crippen molar-refractivity contribution in [1.29, 1.82) is 0 Å². The monoisotopic (exact) mass is 495 g/mol. The topological polar surface area (TPSA) is 125 Å². The molecule has 2 heterocycles. The molecule has 1 fully saturated rings. The van der Waals surface area contributed by atoms with Gasteiger partial charge in [-0.1, -0.05) is 19.8 Å². The van der Waals surface area contributed by atoms with Gasteiger partial charge in [0.15, 0.2) is 11.4 Å². The van der Waals surface area contributed by atoms with E-state index in [0.717, 1.165) is 25.7 Å². The maximum Gasteiger partial charge on any atom is 0.276 e. The number of hydrogen-bond acceptors (Lipinski definition) is 8. The number of aromatic hydroxyl groups is 1. The molecule has 1 atom stereocenters. The zero-order chi connectivity index (χ0) is 26.2. The Morgan fingerprint density at radius 1 is 1.11 bits per heavy atom. The van der Waals surface area contributed by atoms with Crippen molar-refractivity contribution >= 4 is 23.0 Å². The summed E-state index contributed by atoms with van der Waals surface area (Å²) in [7, 11) is 1.59. The van der Waals surface area contributed by atoms with Gasteiger partial charge in [0, 0.05) is 25.5 Å². The van der Waals surface area contributed by atoms with Crippen molar-refractivity contribution in [3.05, 3.63) is 68.2 Å². The Bertz CT molecular complexity index is 1360. The first-order valence-electron chi connectivity index (χ1n) is 12.0. The molecular formula is C26H30FN5O4. The highest BCUT2D eigenvalue weighted by Gasteiger charge is 2.41. The first-order chi connectivity index (χ1) is 17.0. The molecule has 0 aliphatic heterocycles. The first-order valence-corrected chi connectivity index (χ1v) is 12.0. The van der Waals surface area contributed by atoms with Crippen molar-refractivity contribution < 1.29 is 14.3 Å². The Morgan fingerprint density at radius 2 is 1.78 bits per heavy atom. The fraction of sp³-hybridized carbons (Fsp3) is 0.423. The van der Waals surface area contributed by atoms with E-state index in [-0.39, 0.29) is 39.9 Å². The van der Waals surface area contributed by atoms with Gasteiger partial charge >= 0.3 is 0 Å². The Kier molecular flexibility index (Phi) is 6.79. The molecule has 3 N–H and O–H groups in total. The zero-order valence-corrected chi connectivity index (χ0v) is 20.8. The number of carbonyl (C=O) groups is 1. The summed E-state index contributed by atoms with van der Waals surface area (Å²) in [5.74, 6) is -1.43. The van der Waals surface area contributed by atoms with Crippen LogP contribution in [0, 0.1) is 11.2 Å². The van der Waals surface area contributed by atoms with E-state index in [1.165, 1.54) is 35.5 Å². The lowest BCUT2D eigenvalue weighted by atomic mass is 9.78. The van der Waals surface area contributed by atoms with E-state index in [1.807, 2.05) is 20.8 Å². The van der Waals surface area contributed by atoms with Crippen molar-refractivity contribution in [3.8, 4) is 5.75 Å². The minimum absolute atomic E-state index is 0.00781. The lowest BCUT2D eigenvalue weighted by molar-refractivity contribution is 0.0746. The number of pyridine rings is 2. The third-order valence-electron chi connectivity index (χ3n) is 7.18. The summed E-state index contributed by atoms with van der Waals surface area (Å²) in [5.41, 5.74) is -1.94. The molecule has 3 aromatic rings. The lowest BCUT2D eigenvalue weighted by Crippen LogP contribution is -2.40. The third-order valence-corrected chi connectivity index (χ3v) is 7.18. The van der Waals surface area contributed by atoms with Crippen LogP contribution in [0.5, 0.6) is 5.75 Å². The molecule has 1 aliphatic rings. The van der Waals surface area contributed by atoms with Crippen LogP contribution in [-0.2, 0) is 0 Å². The van der Waals surface area contributed by atoms with Gasteiger partial charge in [-0.05, 0) is 50.3 Å².